The van der Waals surface area contributed by atoms with Crippen LogP contribution in [0.15, 0.2) is 73.1 Å². The molecule has 2 aliphatic rings. The van der Waals surface area contributed by atoms with Crippen LogP contribution in [0, 0.1) is 11.3 Å². The molecular formula is C23H16Cl2N2O2. The summed E-state index contributed by atoms with van der Waals surface area (Å²) in [6, 6.07) is 18.3. The van der Waals surface area contributed by atoms with Crippen LogP contribution in [0.25, 0.3) is 0 Å². The Morgan fingerprint density at radius 3 is 2.03 bits per heavy atom. The Hall–Kier alpha value is -2.69. The van der Waals surface area contributed by atoms with E-state index in [1.54, 1.807) is 30.6 Å². The molecule has 1 unspecified atom stereocenters. The number of hydrogen-bond donors (Lipinski definition) is 0. The van der Waals surface area contributed by atoms with Crippen LogP contribution in [0.5, 0.6) is 0 Å². The van der Waals surface area contributed by atoms with Crippen molar-refractivity contribution in [3.05, 3.63) is 94.2 Å². The van der Waals surface area contributed by atoms with Crippen molar-refractivity contribution in [3.63, 3.8) is 0 Å². The Labute approximate surface area is 178 Å². The average molecular weight is 423 g/mol. The zero-order valence-corrected chi connectivity index (χ0v) is 17.0. The van der Waals surface area contributed by atoms with Gasteiger partial charge in [0.1, 0.15) is 0 Å². The highest BCUT2D eigenvalue weighted by atomic mass is 35.5. The fourth-order valence-corrected chi connectivity index (χ4v) is 5.65. The maximum atomic E-state index is 13.7. The van der Waals surface area contributed by atoms with Gasteiger partial charge in [-0.15, -0.1) is 0 Å². The largest absolute Gasteiger partial charge is 0.274 e. The first kappa shape index (κ1) is 18.3. The molecule has 5 rings (SSSR count). The van der Waals surface area contributed by atoms with Gasteiger partial charge in [-0.1, -0.05) is 53.5 Å². The molecule has 3 atom stereocenters. The number of imide groups is 1. The summed E-state index contributed by atoms with van der Waals surface area (Å²) in [5.74, 6) is -0.993. The van der Waals surface area contributed by atoms with Gasteiger partial charge in [0.15, 0.2) is 0 Å². The monoisotopic (exact) mass is 422 g/mol. The van der Waals surface area contributed by atoms with Gasteiger partial charge in [0.2, 0.25) is 11.8 Å². The van der Waals surface area contributed by atoms with Crippen molar-refractivity contribution in [2.75, 3.05) is 4.90 Å². The van der Waals surface area contributed by atoms with E-state index < -0.39 is 16.7 Å². The zero-order chi connectivity index (χ0) is 20.4. The Balaban J connectivity index is 1.68. The van der Waals surface area contributed by atoms with Gasteiger partial charge < -0.3 is 0 Å². The number of rotatable bonds is 3. The standard InChI is InChI=1S/C23H16Cl2N2O2/c1-22-19(20(28)27(21(22)29)18-12-16(24)11-17(25)13-18)23(22,14-5-3-2-4-6-14)15-7-9-26-10-8-15/h2-13,19H,1H3/t19?,22-,23-/m1/s1. The lowest BCUT2D eigenvalue weighted by atomic mass is 9.79. The molecule has 0 radical (unpaired) electrons. The normalized spacial score (nSPS) is 27.8. The zero-order valence-electron chi connectivity index (χ0n) is 15.5. The maximum Gasteiger partial charge on any atom is 0.241 e. The Kier molecular flexibility index (Phi) is 3.89. The van der Waals surface area contributed by atoms with E-state index in [2.05, 4.69) is 4.98 Å². The first-order valence-electron chi connectivity index (χ1n) is 9.23. The molecule has 2 heterocycles. The smallest absolute Gasteiger partial charge is 0.241 e. The summed E-state index contributed by atoms with van der Waals surface area (Å²) in [4.78, 5) is 32.6. The van der Waals surface area contributed by atoms with E-state index in [1.165, 1.54) is 4.90 Å². The maximum absolute atomic E-state index is 13.7. The van der Waals surface area contributed by atoms with Crippen LogP contribution in [0.3, 0.4) is 0 Å². The molecule has 29 heavy (non-hydrogen) atoms. The van der Waals surface area contributed by atoms with E-state index >= 15 is 0 Å². The summed E-state index contributed by atoms with van der Waals surface area (Å²) in [5.41, 5.74) is 0.648. The number of anilines is 1. The molecule has 1 saturated carbocycles. The van der Waals surface area contributed by atoms with Gasteiger partial charge in [0, 0.05) is 27.9 Å². The Morgan fingerprint density at radius 2 is 1.48 bits per heavy atom. The van der Waals surface area contributed by atoms with E-state index in [1.807, 2.05) is 49.4 Å². The van der Waals surface area contributed by atoms with Crippen molar-refractivity contribution in [2.24, 2.45) is 11.3 Å². The third kappa shape index (κ3) is 2.24. The van der Waals surface area contributed by atoms with Gasteiger partial charge >= 0.3 is 0 Å². The van der Waals surface area contributed by atoms with Crippen molar-refractivity contribution in [3.8, 4) is 0 Å². The van der Waals surface area contributed by atoms with Gasteiger partial charge in [-0.2, -0.15) is 0 Å². The van der Waals surface area contributed by atoms with Gasteiger partial charge in [-0.25, -0.2) is 4.90 Å². The highest BCUT2D eigenvalue weighted by molar-refractivity contribution is 6.36. The SMILES string of the molecule is C[C@]12C(=O)N(c3cc(Cl)cc(Cl)c3)C(=O)C1[C@@]2(c1ccccc1)c1ccncc1. The molecule has 1 aliphatic carbocycles. The number of amides is 2. The minimum atomic E-state index is -0.901. The number of nitrogens with zero attached hydrogens (tertiary/aromatic N) is 2. The van der Waals surface area contributed by atoms with Crippen LogP contribution in [0.4, 0.5) is 5.69 Å². The van der Waals surface area contributed by atoms with E-state index in [9.17, 15) is 9.59 Å². The highest BCUT2D eigenvalue weighted by Crippen LogP contribution is 2.76. The molecule has 3 aromatic rings. The van der Waals surface area contributed by atoms with Gasteiger partial charge in [-0.05, 0) is 48.4 Å². The predicted molar refractivity (Wildman–Crippen MR) is 112 cm³/mol. The van der Waals surface area contributed by atoms with Gasteiger partial charge in [0.05, 0.1) is 17.0 Å². The fraction of sp³-hybridized carbons (Fsp3) is 0.174. The summed E-state index contributed by atoms with van der Waals surface area (Å²) in [5, 5.41) is 0.754. The lowest BCUT2D eigenvalue weighted by Gasteiger charge is -2.29. The second kappa shape index (κ2) is 6.15. The Bertz CT molecular complexity index is 1090. The summed E-state index contributed by atoms with van der Waals surface area (Å²) in [7, 11) is 0. The molecule has 0 N–H and O–H groups in total. The number of carbonyl (C=O) groups excluding carboxylic acids is 2. The van der Waals surface area contributed by atoms with Crippen molar-refractivity contribution in [1.82, 2.24) is 4.98 Å². The molecule has 144 valence electrons. The number of pyridine rings is 1. The first-order valence-corrected chi connectivity index (χ1v) is 9.98. The molecule has 4 nitrogen and oxygen atoms in total. The number of carbonyl (C=O) groups is 2. The first-order chi connectivity index (χ1) is 13.9. The van der Waals surface area contributed by atoms with Crippen LogP contribution in [-0.2, 0) is 15.0 Å². The van der Waals surface area contributed by atoms with Crippen LogP contribution < -0.4 is 4.90 Å². The van der Waals surface area contributed by atoms with Crippen molar-refractivity contribution >= 4 is 40.7 Å². The summed E-state index contributed by atoms with van der Waals surface area (Å²) in [6.07, 6.45) is 3.39. The van der Waals surface area contributed by atoms with Crippen LogP contribution in [-0.4, -0.2) is 16.8 Å². The fourth-order valence-electron chi connectivity index (χ4n) is 5.13. The predicted octanol–water partition coefficient (Wildman–Crippen LogP) is 4.88. The topological polar surface area (TPSA) is 50.3 Å². The lowest BCUT2D eigenvalue weighted by Crippen LogP contribution is -2.42. The van der Waals surface area contributed by atoms with E-state index in [4.69, 9.17) is 23.2 Å². The van der Waals surface area contributed by atoms with Gasteiger partial charge in [0.25, 0.3) is 0 Å². The Morgan fingerprint density at radius 1 is 0.897 bits per heavy atom. The van der Waals surface area contributed by atoms with Crippen LogP contribution >= 0.6 is 23.2 Å². The third-order valence-corrected chi connectivity index (χ3v) is 6.77. The summed E-state index contributed by atoms with van der Waals surface area (Å²) in [6.45, 7) is 1.87. The number of benzene rings is 2. The summed E-state index contributed by atoms with van der Waals surface area (Å²) >= 11 is 12.2. The number of piperidine rings is 1. The molecule has 1 aliphatic heterocycles. The molecule has 0 spiro atoms. The molecule has 1 saturated heterocycles. The second-order valence-electron chi connectivity index (χ2n) is 7.65. The third-order valence-electron chi connectivity index (χ3n) is 6.33. The minimum Gasteiger partial charge on any atom is -0.274 e. The second-order valence-corrected chi connectivity index (χ2v) is 8.52. The number of fused-ring (bicyclic) bond motifs is 1. The number of aromatic nitrogens is 1. The van der Waals surface area contributed by atoms with Crippen molar-refractivity contribution in [1.29, 1.82) is 0 Å². The molecule has 0 bridgehead atoms. The lowest BCUT2D eigenvalue weighted by molar-refractivity contribution is -0.125. The van der Waals surface area contributed by atoms with Crippen molar-refractivity contribution < 1.29 is 9.59 Å². The molecule has 2 aromatic carbocycles. The minimum absolute atomic E-state index is 0.239. The average Bonchev–Trinajstić information content (AvgIpc) is 3.23. The molecule has 2 amide bonds. The van der Waals surface area contributed by atoms with Crippen LogP contribution in [0.2, 0.25) is 10.0 Å². The van der Waals surface area contributed by atoms with Gasteiger partial charge in [-0.3, -0.25) is 14.6 Å². The van der Waals surface area contributed by atoms with E-state index in [0.717, 1.165) is 11.1 Å². The highest BCUT2D eigenvalue weighted by Gasteiger charge is 2.86. The number of halogens is 2. The quantitative estimate of drug-likeness (QED) is 0.564. The molecule has 6 heteroatoms. The van der Waals surface area contributed by atoms with E-state index in [0.29, 0.717) is 15.7 Å². The van der Waals surface area contributed by atoms with Crippen molar-refractivity contribution in [2.45, 2.75) is 12.3 Å². The van der Waals surface area contributed by atoms with E-state index in [-0.39, 0.29) is 11.8 Å². The molecule has 1 aromatic heterocycles. The molecular weight excluding hydrogens is 407 g/mol. The molecule has 2 fully saturated rings. The van der Waals surface area contributed by atoms with Crippen LogP contribution in [0.1, 0.15) is 18.1 Å². The summed E-state index contributed by atoms with van der Waals surface area (Å²) < 4.78 is 0. The number of hydrogen-bond acceptors (Lipinski definition) is 3.